The predicted octanol–water partition coefficient (Wildman–Crippen LogP) is 3.40. The first-order valence-electron chi connectivity index (χ1n) is 8.05. The SMILES string of the molecule is N#Cc1ccc(S(=O)(=O)Nc2ccc3c(c2)OC2(CCCC2)O3)cc1. The zero-order valence-corrected chi connectivity index (χ0v) is 14.2. The highest BCUT2D eigenvalue weighted by atomic mass is 32.2. The molecule has 2 aliphatic rings. The normalized spacial score (nSPS) is 17.4. The summed E-state index contributed by atoms with van der Waals surface area (Å²) in [5.41, 5.74) is 0.811. The van der Waals surface area contributed by atoms with Crippen LogP contribution in [-0.4, -0.2) is 14.2 Å². The molecule has 0 bridgehead atoms. The Morgan fingerprint density at radius 1 is 1.00 bits per heavy atom. The van der Waals surface area contributed by atoms with Crippen LogP contribution in [0, 0.1) is 11.3 Å². The number of benzene rings is 2. The second kappa shape index (κ2) is 5.67. The van der Waals surface area contributed by atoms with Crippen LogP contribution >= 0.6 is 0 Å². The number of rotatable bonds is 3. The summed E-state index contributed by atoms with van der Waals surface area (Å²) in [4.78, 5) is 0.0939. The van der Waals surface area contributed by atoms with Crippen LogP contribution in [0.15, 0.2) is 47.4 Å². The maximum absolute atomic E-state index is 12.5. The lowest BCUT2D eigenvalue weighted by Gasteiger charge is -2.21. The molecule has 2 aromatic carbocycles. The minimum absolute atomic E-state index is 0.0939. The Hall–Kier alpha value is -2.72. The second-order valence-corrected chi connectivity index (χ2v) is 7.91. The van der Waals surface area contributed by atoms with Crippen LogP contribution < -0.4 is 14.2 Å². The Morgan fingerprint density at radius 2 is 1.68 bits per heavy atom. The van der Waals surface area contributed by atoms with Crippen molar-refractivity contribution in [1.82, 2.24) is 0 Å². The molecule has 1 N–H and O–H groups in total. The highest BCUT2D eigenvalue weighted by Gasteiger charge is 2.44. The van der Waals surface area contributed by atoms with Crippen molar-refractivity contribution in [2.24, 2.45) is 0 Å². The Bertz CT molecular complexity index is 956. The predicted molar refractivity (Wildman–Crippen MR) is 90.9 cm³/mol. The number of sulfonamides is 1. The second-order valence-electron chi connectivity index (χ2n) is 6.23. The minimum Gasteiger partial charge on any atom is -0.448 e. The molecule has 1 heterocycles. The van der Waals surface area contributed by atoms with Gasteiger partial charge in [0.1, 0.15) is 0 Å². The van der Waals surface area contributed by atoms with Crippen molar-refractivity contribution < 1.29 is 17.9 Å². The first-order chi connectivity index (χ1) is 12.0. The largest absolute Gasteiger partial charge is 0.448 e. The molecule has 1 spiro atoms. The van der Waals surface area contributed by atoms with E-state index in [4.69, 9.17) is 14.7 Å². The number of hydrogen-bond donors (Lipinski definition) is 1. The van der Waals surface area contributed by atoms with Crippen LogP contribution in [0.4, 0.5) is 5.69 Å². The third-order valence-corrected chi connectivity index (χ3v) is 5.84. The van der Waals surface area contributed by atoms with Gasteiger partial charge >= 0.3 is 0 Å². The molecule has 0 amide bonds. The van der Waals surface area contributed by atoms with Crippen LogP contribution in [0.1, 0.15) is 31.2 Å². The van der Waals surface area contributed by atoms with E-state index < -0.39 is 15.8 Å². The summed E-state index contributed by atoms with van der Waals surface area (Å²) in [6, 6.07) is 12.7. The summed E-state index contributed by atoms with van der Waals surface area (Å²) < 4.78 is 39.4. The van der Waals surface area contributed by atoms with Gasteiger partial charge in [-0.05, 0) is 49.2 Å². The van der Waals surface area contributed by atoms with E-state index in [1.54, 1.807) is 18.2 Å². The quantitative estimate of drug-likeness (QED) is 0.910. The molecule has 0 saturated heterocycles. The number of fused-ring (bicyclic) bond motifs is 1. The molecule has 1 saturated carbocycles. The van der Waals surface area contributed by atoms with E-state index in [1.807, 2.05) is 6.07 Å². The fraction of sp³-hybridized carbons (Fsp3) is 0.278. The molecule has 2 aromatic rings. The molecule has 0 atom stereocenters. The van der Waals surface area contributed by atoms with E-state index in [0.717, 1.165) is 25.7 Å². The maximum Gasteiger partial charge on any atom is 0.261 e. The molecule has 4 rings (SSSR count). The molecule has 128 valence electrons. The molecule has 0 aromatic heterocycles. The molecular formula is C18H16N2O4S. The van der Waals surface area contributed by atoms with Gasteiger partial charge in [0.05, 0.1) is 22.2 Å². The lowest BCUT2D eigenvalue weighted by atomic mass is 10.2. The Morgan fingerprint density at radius 3 is 2.36 bits per heavy atom. The molecule has 0 unspecified atom stereocenters. The summed E-state index contributed by atoms with van der Waals surface area (Å²) in [6.45, 7) is 0. The molecule has 1 fully saturated rings. The standard InChI is InChI=1S/C18H16N2O4S/c19-12-13-3-6-15(7-4-13)25(21,22)20-14-5-8-16-17(11-14)24-18(23-16)9-1-2-10-18/h3-8,11,20H,1-2,9-10H2. The van der Waals surface area contributed by atoms with Crippen LogP contribution in [0.2, 0.25) is 0 Å². The van der Waals surface area contributed by atoms with Gasteiger partial charge in [-0.15, -0.1) is 0 Å². The van der Waals surface area contributed by atoms with Crippen LogP contribution in [0.3, 0.4) is 0 Å². The first-order valence-corrected chi connectivity index (χ1v) is 9.53. The van der Waals surface area contributed by atoms with E-state index >= 15 is 0 Å². The fourth-order valence-electron chi connectivity index (χ4n) is 3.20. The first kappa shape index (κ1) is 15.8. The molecule has 1 aliphatic heterocycles. The van der Waals surface area contributed by atoms with Gasteiger partial charge in [0, 0.05) is 18.9 Å². The molecule has 6 nitrogen and oxygen atoms in total. The topological polar surface area (TPSA) is 88.4 Å². The van der Waals surface area contributed by atoms with Gasteiger partial charge in [-0.1, -0.05) is 0 Å². The molecule has 0 radical (unpaired) electrons. The fourth-order valence-corrected chi connectivity index (χ4v) is 4.25. The van der Waals surface area contributed by atoms with Gasteiger partial charge in [0.2, 0.25) is 0 Å². The van der Waals surface area contributed by atoms with Gasteiger partial charge in [-0.25, -0.2) is 8.42 Å². The lowest BCUT2D eigenvalue weighted by molar-refractivity contribution is -0.0716. The zero-order valence-electron chi connectivity index (χ0n) is 13.4. The van der Waals surface area contributed by atoms with E-state index in [0.29, 0.717) is 22.7 Å². The van der Waals surface area contributed by atoms with Gasteiger partial charge in [-0.2, -0.15) is 5.26 Å². The molecule has 1 aliphatic carbocycles. The number of ether oxygens (including phenoxy) is 2. The highest BCUT2D eigenvalue weighted by Crippen LogP contribution is 2.47. The summed E-state index contributed by atoms with van der Waals surface area (Å²) in [7, 11) is -3.74. The molecular weight excluding hydrogens is 340 g/mol. The summed E-state index contributed by atoms with van der Waals surface area (Å²) >= 11 is 0. The van der Waals surface area contributed by atoms with Gasteiger partial charge in [-0.3, -0.25) is 4.72 Å². The minimum atomic E-state index is -3.74. The van der Waals surface area contributed by atoms with Crippen LogP contribution in [0.25, 0.3) is 0 Å². The monoisotopic (exact) mass is 356 g/mol. The van der Waals surface area contributed by atoms with Crippen molar-refractivity contribution in [2.45, 2.75) is 36.4 Å². The number of anilines is 1. The van der Waals surface area contributed by atoms with Crippen molar-refractivity contribution in [2.75, 3.05) is 4.72 Å². The third kappa shape index (κ3) is 2.89. The van der Waals surface area contributed by atoms with E-state index in [1.165, 1.54) is 24.3 Å². The molecule has 25 heavy (non-hydrogen) atoms. The zero-order chi connectivity index (χ0) is 17.5. The summed E-state index contributed by atoms with van der Waals surface area (Å²) in [5.74, 6) is 0.623. The van der Waals surface area contributed by atoms with E-state index in [9.17, 15) is 8.42 Å². The Kier molecular flexibility index (Phi) is 3.58. The summed E-state index contributed by atoms with van der Waals surface area (Å²) in [5, 5.41) is 8.80. The Labute approximate surface area is 146 Å². The van der Waals surface area contributed by atoms with Gasteiger partial charge in [0.15, 0.2) is 11.5 Å². The van der Waals surface area contributed by atoms with E-state index in [-0.39, 0.29) is 4.90 Å². The number of nitriles is 1. The van der Waals surface area contributed by atoms with E-state index in [2.05, 4.69) is 4.72 Å². The lowest BCUT2D eigenvalue weighted by Crippen LogP contribution is -2.34. The number of hydrogen-bond acceptors (Lipinski definition) is 5. The molecule has 7 heteroatoms. The average molecular weight is 356 g/mol. The van der Waals surface area contributed by atoms with Crippen molar-refractivity contribution in [3.63, 3.8) is 0 Å². The van der Waals surface area contributed by atoms with Crippen LogP contribution in [-0.2, 0) is 10.0 Å². The smallest absolute Gasteiger partial charge is 0.261 e. The van der Waals surface area contributed by atoms with Crippen molar-refractivity contribution >= 4 is 15.7 Å². The highest BCUT2D eigenvalue weighted by molar-refractivity contribution is 7.92. The van der Waals surface area contributed by atoms with Gasteiger partial charge < -0.3 is 9.47 Å². The van der Waals surface area contributed by atoms with Gasteiger partial charge in [0.25, 0.3) is 15.8 Å². The average Bonchev–Trinajstić information content (AvgIpc) is 3.20. The van der Waals surface area contributed by atoms with Crippen molar-refractivity contribution in [1.29, 1.82) is 5.26 Å². The number of nitrogens with one attached hydrogen (secondary N) is 1. The summed E-state index contributed by atoms with van der Waals surface area (Å²) in [6.07, 6.45) is 3.81. The van der Waals surface area contributed by atoms with Crippen molar-refractivity contribution in [3.8, 4) is 17.6 Å². The third-order valence-electron chi connectivity index (χ3n) is 4.45. The maximum atomic E-state index is 12.5. The van der Waals surface area contributed by atoms with Crippen molar-refractivity contribution in [3.05, 3.63) is 48.0 Å². The van der Waals surface area contributed by atoms with Crippen LogP contribution in [0.5, 0.6) is 11.5 Å². The Balaban J connectivity index is 1.56. The number of nitrogens with zero attached hydrogens (tertiary/aromatic N) is 1.